The molecule has 0 bridgehead atoms. The SMILES string of the molecule is CONC(=O)c1cnc(SC)n1-c1ccccc1. The lowest BCUT2D eigenvalue weighted by Gasteiger charge is -2.10. The summed E-state index contributed by atoms with van der Waals surface area (Å²) >= 11 is 1.48. The van der Waals surface area contributed by atoms with Crippen LogP contribution in [0.2, 0.25) is 0 Å². The fourth-order valence-corrected chi connectivity index (χ4v) is 2.16. The van der Waals surface area contributed by atoms with E-state index >= 15 is 0 Å². The summed E-state index contributed by atoms with van der Waals surface area (Å²) in [6.07, 6.45) is 3.45. The van der Waals surface area contributed by atoms with Crippen LogP contribution in [-0.2, 0) is 4.84 Å². The predicted octanol–water partition coefficient (Wildman–Crippen LogP) is 1.89. The number of nitrogens with zero attached hydrogens (tertiary/aromatic N) is 2. The molecule has 18 heavy (non-hydrogen) atoms. The zero-order valence-electron chi connectivity index (χ0n) is 10.1. The van der Waals surface area contributed by atoms with Gasteiger partial charge in [0, 0.05) is 5.69 Å². The first-order valence-electron chi connectivity index (χ1n) is 5.28. The molecule has 0 aliphatic rings. The van der Waals surface area contributed by atoms with Gasteiger partial charge in [0.2, 0.25) is 0 Å². The Kier molecular flexibility index (Phi) is 4.01. The fourth-order valence-electron chi connectivity index (χ4n) is 1.61. The number of carbonyl (C=O) groups is 1. The number of rotatable bonds is 4. The lowest BCUT2D eigenvalue weighted by molar-refractivity contribution is 0.0530. The molecule has 6 heteroatoms. The number of hydroxylamine groups is 1. The van der Waals surface area contributed by atoms with E-state index < -0.39 is 0 Å². The summed E-state index contributed by atoms with van der Waals surface area (Å²) in [7, 11) is 1.40. The van der Waals surface area contributed by atoms with Crippen molar-refractivity contribution in [2.75, 3.05) is 13.4 Å². The predicted molar refractivity (Wildman–Crippen MR) is 69.8 cm³/mol. The van der Waals surface area contributed by atoms with Gasteiger partial charge in [0.15, 0.2) is 5.16 Å². The molecule has 94 valence electrons. The number of para-hydroxylation sites is 1. The van der Waals surface area contributed by atoms with Gasteiger partial charge in [0.1, 0.15) is 5.69 Å². The molecule has 1 amide bonds. The van der Waals surface area contributed by atoms with E-state index in [1.807, 2.05) is 36.6 Å². The number of nitrogens with one attached hydrogen (secondary N) is 1. The molecule has 1 heterocycles. The smallest absolute Gasteiger partial charge is 0.283 e. The van der Waals surface area contributed by atoms with Crippen LogP contribution in [0.25, 0.3) is 5.69 Å². The zero-order chi connectivity index (χ0) is 13.0. The van der Waals surface area contributed by atoms with Gasteiger partial charge in [-0.2, -0.15) is 0 Å². The van der Waals surface area contributed by atoms with E-state index in [-0.39, 0.29) is 5.91 Å². The highest BCUT2D eigenvalue weighted by Gasteiger charge is 2.17. The van der Waals surface area contributed by atoms with Crippen molar-refractivity contribution in [3.8, 4) is 5.69 Å². The molecule has 0 aliphatic carbocycles. The molecule has 0 fully saturated rings. The fraction of sp³-hybridized carbons (Fsp3) is 0.167. The molecule has 0 atom stereocenters. The van der Waals surface area contributed by atoms with E-state index in [1.165, 1.54) is 25.1 Å². The Morgan fingerprint density at radius 3 is 2.72 bits per heavy atom. The van der Waals surface area contributed by atoms with E-state index in [0.717, 1.165) is 10.8 Å². The molecule has 1 aromatic carbocycles. The number of aromatic nitrogens is 2. The maximum absolute atomic E-state index is 11.9. The quantitative estimate of drug-likeness (QED) is 0.676. The number of imidazole rings is 1. The molecule has 0 aliphatic heterocycles. The van der Waals surface area contributed by atoms with Crippen LogP contribution >= 0.6 is 11.8 Å². The Hall–Kier alpha value is -1.79. The highest BCUT2D eigenvalue weighted by Crippen LogP contribution is 2.21. The molecule has 1 aromatic heterocycles. The summed E-state index contributed by atoms with van der Waals surface area (Å²) in [6.45, 7) is 0. The van der Waals surface area contributed by atoms with Crippen LogP contribution in [0.5, 0.6) is 0 Å². The molecule has 0 unspecified atom stereocenters. The van der Waals surface area contributed by atoms with Gasteiger partial charge in [-0.3, -0.25) is 14.2 Å². The van der Waals surface area contributed by atoms with Gasteiger partial charge in [0.25, 0.3) is 5.91 Å². The third-order valence-corrected chi connectivity index (χ3v) is 3.01. The number of thioether (sulfide) groups is 1. The number of carbonyl (C=O) groups excluding carboxylic acids is 1. The van der Waals surface area contributed by atoms with Crippen molar-refractivity contribution in [3.05, 3.63) is 42.2 Å². The first kappa shape index (κ1) is 12.7. The molecule has 1 N–H and O–H groups in total. The molecular formula is C12H13N3O2S. The average molecular weight is 263 g/mol. The summed E-state index contributed by atoms with van der Waals surface area (Å²) in [5, 5.41) is 0.752. The molecule has 0 spiro atoms. The minimum Gasteiger partial charge on any atom is -0.283 e. The van der Waals surface area contributed by atoms with Crippen LogP contribution in [0.1, 0.15) is 10.5 Å². The summed E-state index contributed by atoms with van der Waals surface area (Å²) < 4.78 is 1.79. The Balaban J connectivity index is 2.50. The Morgan fingerprint density at radius 1 is 1.39 bits per heavy atom. The van der Waals surface area contributed by atoms with Gasteiger partial charge in [0.05, 0.1) is 13.3 Å². The molecule has 0 saturated heterocycles. The first-order chi connectivity index (χ1) is 8.77. The van der Waals surface area contributed by atoms with E-state index in [2.05, 4.69) is 15.3 Å². The second kappa shape index (κ2) is 5.70. The van der Waals surface area contributed by atoms with E-state index in [1.54, 1.807) is 4.57 Å². The number of hydrogen-bond acceptors (Lipinski definition) is 4. The van der Waals surface area contributed by atoms with Crippen molar-refractivity contribution in [2.24, 2.45) is 0 Å². The molecule has 2 aromatic rings. The van der Waals surface area contributed by atoms with Gasteiger partial charge >= 0.3 is 0 Å². The molecule has 5 nitrogen and oxygen atoms in total. The van der Waals surface area contributed by atoms with Crippen LogP contribution in [0.4, 0.5) is 0 Å². The van der Waals surface area contributed by atoms with E-state index in [9.17, 15) is 4.79 Å². The normalized spacial score (nSPS) is 10.3. The van der Waals surface area contributed by atoms with Gasteiger partial charge in [-0.15, -0.1) is 0 Å². The Bertz CT molecular complexity index is 540. The van der Waals surface area contributed by atoms with Crippen LogP contribution in [0, 0.1) is 0 Å². The second-order valence-electron chi connectivity index (χ2n) is 3.44. The Morgan fingerprint density at radius 2 is 2.11 bits per heavy atom. The number of hydrogen-bond donors (Lipinski definition) is 1. The summed E-state index contributed by atoms with van der Waals surface area (Å²) in [5.74, 6) is -0.325. The largest absolute Gasteiger partial charge is 0.293 e. The van der Waals surface area contributed by atoms with Crippen LogP contribution < -0.4 is 5.48 Å². The standard InChI is InChI=1S/C12H13N3O2S/c1-17-14-11(16)10-8-13-12(18-2)15(10)9-6-4-3-5-7-9/h3-8H,1-2H3,(H,14,16). The van der Waals surface area contributed by atoms with E-state index in [0.29, 0.717) is 5.69 Å². The average Bonchev–Trinajstić information content (AvgIpc) is 2.83. The zero-order valence-corrected chi connectivity index (χ0v) is 10.9. The highest BCUT2D eigenvalue weighted by atomic mass is 32.2. The first-order valence-corrected chi connectivity index (χ1v) is 6.51. The second-order valence-corrected chi connectivity index (χ2v) is 4.21. The summed E-state index contributed by atoms with van der Waals surface area (Å²) in [5.41, 5.74) is 3.63. The minimum atomic E-state index is -0.325. The van der Waals surface area contributed by atoms with E-state index in [4.69, 9.17) is 0 Å². The third kappa shape index (κ3) is 2.39. The highest BCUT2D eigenvalue weighted by molar-refractivity contribution is 7.98. The van der Waals surface area contributed by atoms with Gasteiger partial charge in [-0.05, 0) is 18.4 Å². The minimum absolute atomic E-state index is 0.325. The van der Waals surface area contributed by atoms with Crippen molar-refractivity contribution in [3.63, 3.8) is 0 Å². The molecular weight excluding hydrogens is 250 g/mol. The van der Waals surface area contributed by atoms with Crippen molar-refractivity contribution >= 4 is 17.7 Å². The maximum Gasteiger partial charge on any atom is 0.293 e. The maximum atomic E-state index is 11.9. The Labute approximate surface area is 109 Å². The van der Waals surface area contributed by atoms with Crippen LogP contribution in [-0.4, -0.2) is 28.8 Å². The lowest BCUT2D eigenvalue weighted by atomic mass is 10.3. The van der Waals surface area contributed by atoms with Crippen molar-refractivity contribution < 1.29 is 9.63 Å². The van der Waals surface area contributed by atoms with Gasteiger partial charge in [-0.1, -0.05) is 30.0 Å². The van der Waals surface area contributed by atoms with Crippen LogP contribution in [0.15, 0.2) is 41.7 Å². The molecule has 0 saturated carbocycles. The van der Waals surface area contributed by atoms with Crippen molar-refractivity contribution in [2.45, 2.75) is 5.16 Å². The van der Waals surface area contributed by atoms with Gasteiger partial charge in [-0.25, -0.2) is 10.5 Å². The number of amides is 1. The summed E-state index contributed by atoms with van der Waals surface area (Å²) in [4.78, 5) is 20.7. The molecule has 0 radical (unpaired) electrons. The lowest BCUT2D eigenvalue weighted by Crippen LogP contribution is -2.24. The monoisotopic (exact) mass is 263 g/mol. The molecule has 2 rings (SSSR count). The van der Waals surface area contributed by atoms with Crippen LogP contribution in [0.3, 0.4) is 0 Å². The third-order valence-electron chi connectivity index (χ3n) is 2.35. The topological polar surface area (TPSA) is 56.1 Å². The number of benzene rings is 1. The van der Waals surface area contributed by atoms with Gasteiger partial charge < -0.3 is 0 Å². The van der Waals surface area contributed by atoms with Crippen molar-refractivity contribution in [1.29, 1.82) is 0 Å². The summed E-state index contributed by atoms with van der Waals surface area (Å²) in [6, 6.07) is 9.60. The van der Waals surface area contributed by atoms with Crippen molar-refractivity contribution in [1.82, 2.24) is 15.0 Å².